The van der Waals surface area contributed by atoms with Gasteiger partial charge in [-0.25, -0.2) is 9.48 Å². The number of aromatic nitrogens is 2. The maximum atomic E-state index is 12.8. The number of fused-ring (bicyclic) bond motifs is 1. The minimum atomic E-state index is -0.714. The highest BCUT2D eigenvalue weighted by Crippen LogP contribution is 2.18. The molecule has 0 atom stereocenters. The van der Waals surface area contributed by atoms with E-state index in [9.17, 15) is 14.4 Å². The summed E-state index contributed by atoms with van der Waals surface area (Å²) in [6.45, 7) is 0.387. The molecular formula is C24H19N3O4. The summed E-state index contributed by atoms with van der Waals surface area (Å²) < 4.78 is 6.56. The molecule has 1 amide bonds. The Morgan fingerprint density at radius 2 is 1.65 bits per heavy atom. The molecule has 0 spiro atoms. The van der Waals surface area contributed by atoms with Gasteiger partial charge in [-0.15, -0.1) is 0 Å². The van der Waals surface area contributed by atoms with Crippen LogP contribution >= 0.6 is 0 Å². The van der Waals surface area contributed by atoms with Crippen LogP contribution in [0.5, 0.6) is 5.75 Å². The van der Waals surface area contributed by atoms with Crippen LogP contribution in [0.2, 0.25) is 0 Å². The summed E-state index contributed by atoms with van der Waals surface area (Å²) in [6.07, 6.45) is 0. The smallest absolute Gasteiger partial charge is 0.364 e. The van der Waals surface area contributed by atoms with E-state index in [0.29, 0.717) is 22.9 Å². The maximum absolute atomic E-state index is 12.8. The summed E-state index contributed by atoms with van der Waals surface area (Å²) in [5, 5.41) is 7.69. The molecule has 0 radical (unpaired) electrons. The van der Waals surface area contributed by atoms with Crippen LogP contribution in [0, 0.1) is 0 Å². The Bertz CT molecular complexity index is 1330. The molecule has 4 rings (SSSR count). The van der Waals surface area contributed by atoms with Gasteiger partial charge in [0, 0.05) is 24.5 Å². The summed E-state index contributed by atoms with van der Waals surface area (Å²) in [5.41, 5.74) is 1.06. The number of carbonyl (C=O) groups excluding carboxylic acids is 2. The topological polar surface area (TPSA) is 90.3 Å². The van der Waals surface area contributed by atoms with Crippen molar-refractivity contribution in [1.82, 2.24) is 15.1 Å². The van der Waals surface area contributed by atoms with E-state index in [1.807, 2.05) is 30.3 Å². The zero-order chi connectivity index (χ0) is 21.8. The van der Waals surface area contributed by atoms with Crippen molar-refractivity contribution in [2.75, 3.05) is 0 Å². The average Bonchev–Trinajstić information content (AvgIpc) is 2.80. The summed E-state index contributed by atoms with van der Waals surface area (Å²) in [6, 6.07) is 22.6. The zero-order valence-corrected chi connectivity index (χ0v) is 16.7. The van der Waals surface area contributed by atoms with Crippen molar-refractivity contribution >= 4 is 22.6 Å². The monoisotopic (exact) mass is 413 g/mol. The number of nitrogens with zero attached hydrogens (tertiary/aromatic N) is 2. The number of esters is 1. The van der Waals surface area contributed by atoms with Crippen LogP contribution in [-0.2, 0) is 13.6 Å². The quantitative estimate of drug-likeness (QED) is 0.401. The molecule has 0 fully saturated rings. The molecule has 7 nitrogen and oxygen atoms in total. The number of aryl methyl sites for hydroxylation is 1. The third-order valence-corrected chi connectivity index (χ3v) is 4.75. The van der Waals surface area contributed by atoms with Crippen LogP contribution in [0.25, 0.3) is 10.8 Å². The SMILES string of the molecule is Cn1nc(C(=O)Oc2cccc(C(=O)NCc3ccccc3)c2)c2ccccc2c1=O. The predicted octanol–water partition coefficient (Wildman–Crippen LogP) is 3.08. The van der Waals surface area contributed by atoms with Crippen LogP contribution in [0.1, 0.15) is 26.4 Å². The maximum Gasteiger partial charge on any atom is 0.364 e. The molecule has 7 heteroatoms. The molecule has 0 saturated carbocycles. The molecule has 4 aromatic rings. The first-order chi connectivity index (χ1) is 15.0. The van der Waals surface area contributed by atoms with Gasteiger partial charge in [0.2, 0.25) is 0 Å². The molecule has 0 aliphatic heterocycles. The molecule has 0 saturated heterocycles. The van der Waals surface area contributed by atoms with Gasteiger partial charge in [0.25, 0.3) is 11.5 Å². The van der Waals surface area contributed by atoms with Crippen molar-refractivity contribution in [3.63, 3.8) is 0 Å². The lowest BCUT2D eigenvalue weighted by molar-refractivity contribution is 0.0727. The number of rotatable bonds is 5. The standard InChI is InChI=1S/C24H19N3O4/c1-27-23(29)20-13-6-5-12-19(20)21(26-27)24(30)31-18-11-7-10-17(14-18)22(28)25-15-16-8-3-2-4-9-16/h2-14H,15H2,1H3,(H,25,28). The van der Waals surface area contributed by atoms with E-state index in [-0.39, 0.29) is 22.9 Å². The van der Waals surface area contributed by atoms with Crippen LogP contribution in [0.4, 0.5) is 0 Å². The van der Waals surface area contributed by atoms with Gasteiger partial charge in [0.05, 0.1) is 5.39 Å². The predicted molar refractivity (Wildman–Crippen MR) is 116 cm³/mol. The highest BCUT2D eigenvalue weighted by Gasteiger charge is 2.18. The Balaban J connectivity index is 1.54. The molecule has 0 aliphatic carbocycles. The van der Waals surface area contributed by atoms with Crippen LogP contribution in [0.3, 0.4) is 0 Å². The Kier molecular flexibility index (Phi) is 5.57. The Morgan fingerprint density at radius 3 is 2.42 bits per heavy atom. The molecule has 0 aliphatic rings. The normalized spacial score (nSPS) is 10.6. The zero-order valence-electron chi connectivity index (χ0n) is 16.7. The number of benzene rings is 3. The largest absolute Gasteiger partial charge is 0.422 e. The summed E-state index contributed by atoms with van der Waals surface area (Å²) >= 11 is 0. The first-order valence-electron chi connectivity index (χ1n) is 9.63. The van der Waals surface area contributed by atoms with Gasteiger partial charge < -0.3 is 10.1 Å². The first-order valence-corrected chi connectivity index (χ1v) is 9.63. The minimum Gasteiger partial charge on any atom is -0.422 e. The Morgan fingerprint density at radius 1 is 0.935 bits per heavy atom. The Labute approximate surface area is 177 Å². The van der Waals surface area contributed by atoms with Gasteiger partial charge in [-0.05, 0) is 29.8 Å². The van der Waals surface area contributed by atoms with Gasteiger partial charge in [0.1, 0.15) is 5.75 Å². The second-order valence-corrected chi connectivity index (χ2v) is 6.91. The van der Waals surface area contributed by atoms with Crippen LogP contribution in [0.15, 0.2) is 83.7 Å². The van der Waals surface area contributed by atoms with Gasteiger partial charge >= 0.3 is 5.97 Å². The van der Waals surface area contributed by atoms with E-state index in [2.05, 4.69) is 10.4 Å². The fourth-order valence-electron chi connectivity index (χ4n) is 3.19. The third-order valence-electron chi connectivity index (χ3n) is 4.75. The number of nitrogens with one attached hydrogen (secondary N) is 1. The highest BCUT2D eigenvalue weighted by atomic mass is 16.5. The second-order valence-electron chi connectivity index (χ2n) is 6.91. The van der Waals surface area contributed by atoms with E-state index in [4.69, 9.17) is 4.74 Å². The number of amides is 1. The lowest BCUT2D eigenvalue weighted by Gasteiger charge is -2.09. The van der Waals surface area contributed by atoms with E-state index in [1.165, 1.54) is 13.1 Å². The molecule has 1 N–H and O–H groups in total. The van der Waals surface area contributed by atoms with E-state index >= 15 is 0 Å². The van der Waals surface area contributed by atoms with Gasteiger partial charge in [0.15, 0.2) is 5.69 Å². The number of ether oxygens (including phenoxy) is 1. The summed E-state index contributed by atoms with van der Waals surface area (Å²) in [4.78, 5) is 37.5. The minimum absolute atomic E-state index is 0.0247. The molecular weight excluding hydrogens is 394 g/mol. The lowest BCUT2D eigenvalue weighted by atomic mass is 10.1. The molecule has 3 aromatic carbocycles. The average molecular weight is 413 g/mol. The molecule has 1 aromatic heterocycles. The van der Waals surface area contributed by atoms with Crippen molar-refractivity contribution in [2.24, 2.45) is 7.05 Å². The second kappa shape index (κ2) is 8.62. The van der Waals surface area contributed by atoms with Crippen molar-refractivity contribution in [3.05, 3.63) is 106 Å². The lowest BCUT2D eigenvalue weighted by Crippen LogP contribution is -2.25. The summed E-state index contributed by atoms with van der Waals surface area (Å²) in [7, 11) is 1.48. The third kappa shape index (κ3) is 4.35. The van der Waals surface area contributed by atoms with Crippen molar-refractivity contribution < 1.29 is 14.3 Å². The van der Waals surface area contributed by atoms with Crippen LogP contribution < -0.4 is 15.6 Å². The van der Waals surface area contributed by atoms with Crippen molar-refractivity contribution in [3.8, 4) is 5.75 Å². The van der Waals surface area contributed by atoms with Crippen molar-refractivity contribution in [1.29, 1.82) is 0 Å². The van der Waals surface area contributed by atoms with E-state index in [1.54, 1.807) is 42.5 Å². The van der Waals surface area contributed by atoms with Gasteiger partial charge in [-0.3, -0.25) is 9.59 Å². The fourth-order valence-corrected chi connectivity index (χ4v) is 3.19. The fraction of sp³-hybridized carbons (Fsp3) is 0.0833. The van der Waals surface area contributed by atoms with Crippen molar-refractivity contribution in [2.45, 2.75) is 6.54 Å². The number of carbonyl (C=O) groups is 2. The molecule has 1 heterocycles. The molecule has 0 unspecified atom stereocenters. The first kappa shape index (κ1) is 20.0. The number of hydrogen-bond donors (Lipinski definition) is 1. The van der Waals surface area contributed by atoms with Crippen LogP contribution in [-0.4, -0.2) is 21.7 Å². The Hall–Kier alpha value is -4.26. The highest BCUT2D eigenvalue weighted by molar-refractivity contribution is 6.03. The molecule has 154 valence electrons. The molecule has 0 bridgehead atoms. The van der Waals surface area contributed by atoms with E-state index in [0.717, 1.165) is 10.2 Å². The van der Waals surface area contributed by atoms with Gasteiger partial charge in [-0.2, -0.15) is 5.10 Å². The number of hydrogen-bond acceptors (Lipinski definition) is 5. The molecule has 31 heavy (non-hydrogen) atoms. The van der Waals surface area contributed by atoms with E-state index < -0.39 is 5.97 Å². The van der Waals surface area contributed by atoms with Gasteiger partial charge in [-0.1, -0.05) is 54.6 Å². The summed E-state index contributed by atoms with van der Waals surface area (Å²) in [5.74, 6) is -0.793.